The average molecular weight is 421 g/mol. The molecule has 2 aliphatic rings. The standard InChI is InChI=1S/C22H25N7S/c1-15-7-5-6-11-28(15)20-19-17-10-12-27(13-16-8-3-2-4-9-16)14-18(17)30-21(19)29-22(23-20)24-25-26-29/h2-4,8-9,15H,5-7,10-14H2,1H3/p+1/t15-/m1/s1. The number of aromatic nitrogens is 5. The van der Waals surface area contributed by atoms with Crippen LogP contribution in [0, 0.1) is 0 Å². The molecule has 1 saturated heterocycles. The zero-order chi connectivity index (χ0) is 20.1. The van der Waals surface area contributed by atoms with Gasteiger partial charge in [0.25, 0.3) is 5.78 Å². The van der Waals surface area contributed by atoms with Crippen molar-refractivity contribution in [2.75, 3.05) is 18.0 Å². The molecule has 0 spiro atoms. The van der Waals surface area contributed by atoms with Crippen LogP contribution in [0.2, 0.25) is 0 Å². The van der Waals surface area contributed by atoms with Crippen LogP contribution in [0.25, 0.3) is 16.0 Å². The Balaban J connectivity index is 1.44. The fraction of sp³-hybridized carbons (Fsp3) is 0.455. The molecule has 154 valence electrons. The van der Waals surface area contributed by atoms with Gasteiger partial charge in [0.2, 0.25) is 0 Å². The minimum absolute atomic E-state index is 0.507. The molecule has 7 nitrogen and oxygen atoms in total. The van der Waals surface area contributed by atoms with Gasteiger partial charge in [-0.15, -0.1) is 11.3 Å². The quantitative estimate of drug-likeness (QED) is 0.551. The number of fused-ring (bicyclic) bond motifs is 5. The number of benzene rings is 1. The first-order valence-corrected chi connectivity index (χ1v) is 11.8. The minimum atomic E-state index is 0.507. The van der Waals surface area contributed by atoms with Crippen molar-refractivity contribution >= 4 is 33.1 Å². The fourth-order valence-corrected chi connectivity index (χ4v) is 6.45. The van der Waals surface area contributed by atoms with E-state index in [0.29, 0.717) is 11.8 Å². The van der Waals surface area contributed by atoms with Gasteiger partial charge in [0, 0.05) is 24.6 Å². The predicted octanol–water partition coefficient (Wildman–Crippen LogP) is 2.25. The molecule has 5 heterocycles. The summed E-state index contributed by atoms with van der Waals surface area (Å²) in [7, 11) is 0. The van der Waals surface area contributed by atoms with Gasteiger partial charge < -0.3 is 9.80 Å². The molecule has 1 aromatic carbocycles. The van der Waals surface area contributed by atoms with Crippen LogP contribution in [-0.4, -0.2) is 44.2 Å². The molecular formula is C22H26N7S+. The lowest BCUT2D eigenvalue weighted by Crippen LogP contribution is -3.10. The molecule has 0 radical (unpaired) electrons. The Hall–Kier alpha value is -2.58. The highest BCUT2D eigenvalue weighted by atomic mass is 32.1. The average Bonchev–Trinajstić information content (AvgIpc) is 3.38. The van der Waals surface area contributed by atoms with Crippen molar-refractivity contribution in [2.45, 2.75) is 51.7 Å². The summed E-state index contributed by atoms with van der Waals surface area (Å²) < 4.78 is 1.84. The van der Waals surface area contributed by atoms with Crippen LogP contribution in [0.5, 0.6) is 0 Å². The molecule has 1 N–H and O–H groups in total. The number of hydrogen-bond donors (Lipinski definition) is 1. The van der Waals surface area contributed by atoms with Gasteiger partial charge in [0.05, 0.1) is 16.8 Å². The highest BCUT2D eigenvalue weighted by molar-refractivity contribution is 7.19. The Morgan fingerprint density at radius 3 is 2.97 bits per heavy atom. The molecule has 8 heteroatoms. The number of piperidine rings is 1. The van der Waals surface area contributed by atoms with Gasteiger partial charge in [0.1, 0.15) is 23.7 Å². The highest BCUT2D eigenvalue weighted by Crippen LogP contribution is 2.39. The van der Waals surface area contributed by atoms with E-state index < -0.39 is 0 Å². The minimum Gasteiger partial charge on any atom is -0.353 e. The van der Waals surface area contributed by atoms with Crippen molar-refractivity contribution in [3.05, 3.63) is 46.3 Å². The summed E-state index contributed by atoms with van der Waals surface area (Å²) in [6, 6.07) is 11.3. The summed E-state index contributed by atoms with van der Waals surface area (Å²) in [6.45, 7) is 6.67. The number of anilines is 1. The molecule has 6 rings (SSSR count). The van der Waals surface area contributed by atoms with Crippen molar-refractivity contribution in [3.63, 3.8) is 0 Å². The van der Waals surface area contributed by atoms with Gasteiger partial charge in [-0.3, -0.25) is 0 Å². The van der Waals surface area contributed by atoms with Crippen LogP contribution < -0.4 is 9.80 Å². The van der Waals surface area contributed by atoms with E-state index >= 15 is 0 Å². The van der Waals surface area contributed by atoms with E-state index in [0.717, 1.165) is 43.2 Å². The Morgan fingerprint density at radius 1 is 1.20 bits per heavy atom. The molecular weight excluding hydrogens is 394 g/mol. The first kappa shape index (κ1) is 18.2. The molecule has 2 atom stereocenters. The van der Waals surface area contributed by atoms with Crippen molar-refractivity contribution in [3.8, 4) is 0 Å². The maximum Gasteiger partial charge on any atom is 0.276 e. The maximum atomic E-state index is 4.96. The van der Waals surface area contributed by atoms with Gasteiger partial charge in [-0.05, 0) is 42.2 Å². The first-order valence-electron chi connectivity index (χ1n) is 10.9. The molecule has 1 fully saturated rings. The van der Waals surface area contributed by atoms with Crippen molar-refractivity contribution in [1.82, 2.24) is 25.0 Å². The highest BCUT2D eigenvalue weighted by Gasteiger charge is 2.31. The van der Waals surface area contributed by atoms with E-state index in [9.17, 15) is 0 Å². The zero-order valence-electron chi connectivity index (χ0n) is 17.2. The number of hydrogen-bond acceptors (Lipinski definition) is 6. The lowest BCUT2D eigenvalue weighted by molar-refractivity contribution is -0.929. The second kappa shape index (κ2) is 7.28. The lowest BCUT2D eigenvalue weighted by atomic mass is 10.0. The molecule has 3 aromatic heterocycles. The molecule has 4 aromatic rings. The van der Waals surface area contributed by atoms with Gasteiger partial charge in [-0.2, -0.15) is 9.50 Å². The Kier molecular flexibility index (Phi) is 4.42. The third-order valence-corrected chi connectivity index (χ3v) is 7.87. The van der Waals surface area contributed by atoms with Gasteiger partial charge >= 0.3 is 0 Å². The van der Waals surface area contributed by atoms with Crippen LogP contribution in [0.1, 0.15) is 42.2 Å². The van der Waals surface area contributed by atoms with E-state index in [-0.39, 0.29) is 0 Å². The van der Waals surface area contributed by atoms with Crippen molar-refractivity contribution in [2.24, 2.45) is 0 Å². The van der Waals surface area contributed by atoms with E-state index in [1.54, 1.807) is 4.90 Å². The van der Waals surface area contributed by atoms with Crippen LogP contribution in [0.4, 0.5) is 5.82 Å². The van der Waals surface area contributed by atoms with E-state index in [2.05, 4.69) is 57.7 Å². The Bertz CT molecular complexity index is 1200. The van der Waals surface area contributed by atoms with Crippen molar-refractivity contribution < 1.29 is 4.90 Å². The third kappa shape index (κ3) is 2.97. The zero-order valence-corrected chi connectivity index (χ0v) is 18.0. The summed E-state index contributed by atoms with van der Waals surface area (Å²) in [4.78, 5) is 11.7. The van der Waals surface area contributed by atoms with Crippen LogP contribution in [0.3, 0.4) is 0 Å². The third-order valence-electron chi connectivity index (χ3n) is 6.66. The monoisotopic (exact) mass is 420 g/mol. The fourth-order valence-electron chi connectivity index (χ4n) is 5.09. The van der Waals surface area contributed by atoms with Gasteiger partial charge in [-0.25, -0.2) is 0 Å². The smallest absolute Gasteiger partial charge is 0.276 e. The molecule has 0 amide bonds. The number of rotatable bonds is 3. The summed E-state index contributed by atoms with van der Waals surface area (Å²) in [5.41, 5.74) is 2.88. The van der Waals surface area contributed by atoms with E-state index in [4.69, 9.17) is 4.98 Å². The number of tetrazole rings is 1. The topological polar surface area (TPSA) is 63.7 Å². The number of nitrogens with one attached hydrogen (secondary N) is 1. The SMILES string of the molecule is C[C@@H]1CCCCN1c1nc2nnnn2c2sc3c(c12)CC[NH+](Cc1ccccc1)C3. The largest absolute Gasteiger partial charge is 0.353 e. The molecule has 30 heavy (non-hydrogen) atoms. The number of thiophene rings is 1. The van der Waals surface area contributed by atoms with Gasteiger partial charge in [-0.1, -0.05) is 35.4 Å². The van der Waals surface area contributed by atoms with Crippen LogP contribution in [0.15, 0.2) is 30.3 Å². The predicted molar refractivity (Wildman–Crippen MR) is 118 cm³/mol. The summed E-state index contributed by atoms with van der Waals surface area (Å²) in [5.74, 6) is 1.71. The number of nitrogens with zero attached hydrogens (tertiary/aromatic N) is 6. The first-order chi connectivity index (χ1) is 14.8. The van der Waals surface area contributed by atoms with Gasteiger partial charge in [0.15, 0.2) is 0 Å². The lowest BCUT2D eigenvalue weighted by Gasteiger charge is -2.35. The van der Waals surface area contributed by atoms with Crippen LogP contribution >= 0.6 is 11.3 Å². The molecule has 1 unspecified atom stereocenters. The molecule has 0 saturated carbocycles. The molecule has 0 aliphatic carbocycles. The Labute approximate surface area is 179 Å². The summed E-state index contributed by atoms with van der Waals surface area (Å²) >= 11 is 1.86. The Morgan fingerprint density at radius 2 is 2.10 bits per heavy atom. The summed E-state index contributed by atoms with van der Waals surface area (Å²) in [6.07, 6.45) is 4.84. The molecule has 2 aliphatic heterocycles. The summed E-state index contributed by atoms with van der Waals surface area (Å²) in [5, 5.41) is 13.7. The maximum absolute atomic E-state index is 4.96. The van der Waals surface area contributed by atoms with Crippen molar-refractivity contribution in [1.29, 1.82) is 0 Å². The van der Waals surface area contributed by atoms with Crippen LogP contribution in [-0.2, 0) is 19.5 Å². The normalized spacial score (nSPS) is 22.0. The second-order valence-corrected chi connectivity index (χ2v) is 9.72. The van der Waals surface area contributed by atoms with E-state index in [1.165, 1.54) is 40.7 Å². The number of quaternary nitrogens is 1. The second-order valence-electron chi connectivity index (χ2n) is 8.64. The molecule has 0 bridgehead atoms. The van der Waals surface area contributed by atoms with E-state index in [1.807, 2.05) is 15.9 Å².